The molecule has 2 nitrogen and oxygen atoms in total. The first-order chi connectivity index (χ1) is 12.1. The largest absolute Gasteiger partial charge is 0.490 e. The number of rotatable bonds is 1. The molecule has 3 fully saturated rings. The van der Waals surface area contributed by atoms with Gasteiger partial charge in [0.15, 0.2) is 0 Å². The number of ether oxygens (including phenoxy) is 1. The molecule has 0 N–H and O–H groups in total. The van der Waals surface area contributed by atoms with Crippen molar-refractivity contribution in [2.75, 3.05) is 0 Å². The normalized spacial score (nSPS) is 45.2. The first-order valence-electron chi connectivity index (χ1n) is 10.1. The molecule has 4 aliphatic carbocycles. The van der Waals surface area contributed by atoms with Crippen molar-refractivity contribution in [1.29, 1.82) is 0 Å². The highest BCUT2D eigenvalue weighted by Gasteiger charge is 2.56. The van der Waals surface area contributed by atoms with Gasteiger partial charge in [-0.3, -0.25) is 0 Å². The molecule has 0 aliphatic heterocycles. The van der Waals surface area contributed by atoms with Crippen molar-refractivity contribution >= 4 is 5.97 Å². The maximum absolute atomic E-state index is 12.5. The van der Waals surface area contributed by atoms with Gasteiger partial charge in [-0.2, -0.15) is 13.2 Å². The highest BCUT2D eigenvalue weighted by Crippen LogP contribution is 2.64. The fourth-order valence-electron chi connectivity index (χ4n) is 6.94. The van der Waals surface area contributed by atoms with Crippen molar-refractivity contribution in [3.8, 4) is 0 Å². The van der Waals surface area contributed by atoms with Gasteiger partial charge in [-0.15, -0.1) is 0 Å². The topological polar surface area (TPSA) is 26.3 Å². The number of carbonyl (C=O) groups excluding carboxylic acids is 1. The fourth-order valence-corrected chi connectivity index (χ4v) is 6.94. The standard InChI is InChI=1S/C21H29F3O2/c1-19-9-3-4-16(19)15-6-5-13-12-14(26-18(25)21(22,23)24)7-11-20(13,2)17(15)8-10-19/h5,14-17H,3-4,6-12H2,1-2H3/t14-,15+,16+,17+,19+,20+/m1/s1. The second kappa shape index (κ2) is 6.00. The molecule has 5 heteroatoms. The van der Waals surface area contributed by atoms with Crippen molar-refractivity contribution in [3.63, 3.8) is 0 Å². The molecule has 0 radical (unpaired) electrons. The Morgan fingerprint density at radius 1 is 1.12 bits per heavy atom. The Labute approximate surface area is 153 Å². The lowest BCUT2D eigenvalue weighted by Gasteiger charge is -2.57. The number of esters is 1. The summed E-state index contributed by atoms with van der Waals surface area (Å²) in [6.45, 7) is 4.78. The van der Waals surface area contributed by atoms with E-state index in [9.17, 15) is 18.0 Å². The number of carbonyl (C=O) groups is 1. The summed E-state index contributed by atoms with van der Waals surface area (Å²) in [5.74, 6) is 0.119. The van der Waals surface area contributed by atoms with Gasteiger partial charge in [0.2, 0.25) is 0 Å². The fraction of sp³-hybridized carbons (Fsp3) is 0.857. The van der Waals surface area contributed by atoms with Crippen LogP contribution in [0.15, 0.2) is 11.6 Å². The average Bonchev–Trinajstić information content (AvgIpc) is 2.96. The van der Waals surface area contributed by atoms with Gasteiger partial charge in [0.05, 0.1) is 0 Å². The molecule has 0 aromatic rings. The SMILES string of the molecule is C[C@@]12CCC[C@H]1[C@@H]1CC=C3C[C@H](OC(=O)C(F)(F)F)CC[C@]3(C)[C@H]1CC2. The van der Waals surface area contributed by atoms with Gasteiger partial charge in [0.1, 0.15) is 6.10 Å². The summed E-state index contributed by atoms with van der Waals surface area (Å²) in [6, 6.07) is 0. The molecule has 0 aromatic heterocycles. The molecule has 26 heavy (non-hydrogen) atoms. The molecule has 6 atom stereocenters. The van der Waals surface area contributed by atoms with E-state index in [0.29, 0.717) is 24.2 Å². The van der Waals surface area contributed by atoms with Gasteiger partial charge in [-0.25, -0.2) is 4.79 Å². The molecule has 0 saturated heterocycles. The van der Waals surface area contributed by atoms with E-state index in [4.69, 9.17) is 4.74 Å². The molecule has 3 saturated carbocycles. The van der Waals surface area contributed by atoms with E-state index < -0.39 is 18.2 Å². The molecular weight excluding hydrogens is 341 g/mol. The minimum Gasteiger partial charge on any atom is -0.455 e. The smallest absolute Gasteiger partial charge is 0.455 e. The van der Waals surface area contributed by atoms with Crippen LogP contribution >= 0.6 is 0 Å². The predicted molar refractivity (Wildman–Crippen MR) is 92.3 cm³/mol. The van der Waals surface area contributed by atoms with Crippen molar-refractivity contribution in [1.82, 2.24) is 0 Å². The van der Waals surface area contributed by atoms with Crippen LogP contribution in [0.4, 0.5) is 13.2 Å². The Morgan fingerprint density at radius 3 is 2.62 bits per heavy atom. The lowest BCUT2D eigenvalue weighted by atomic mass is 9.48. The first kappa shape index (κ1) is 18.4. The van der Waals surface area contributed by atoms with Crippen molar-refractivity contribution in [2.45, 2.75) is 83.9 Å². The number of hydrogen-bond donors (Lipinski definition) is 0. The summed E-state index contributed by atoms with van der Waals surface area (Å²) in [6.07, 6.45) is 6.22. The van der Waals surface area contributed by atoms with Crippen LogP contribution in [0.25, 0.3) is 0 Å². The van der Waals surface area contributed by atoms with Gasteiger partial charge >= 0.3 is 12.1 Å². The van der Waals surface area contributed by atoms with Gasteiger partial charge in [0.25, 0.3) is 0 Å². The van der Waals surface area contributed by atoms with Crippen LogP contribution in [-0.4, -0.2) is 18.2 Å². The van der Waals surface area contributed by atoms with E-state index in [0.717, 1.165) is 24.7 Å². The minimum atomic E-state index is -4.90. The Balaban J connectivity index is 1.51. The van der Waals surface area contributed by atoms with Gasteiger partial charge in [0, 0.05) is 6.42 Å². The summed E-state index contributed by atoms with van der Waals surface area (Å²) in [7, 11) is 0. The number of halogens is 3. The second-order valence-electron chi connectivity index (χ2n) is 9.61. The lowest BCUT2D eigenvalue weighted by Crippen LogP contribution is -2.49. The molecule has 146 valence electrons. The van der Waals surface area contributed by atoms with Crippen LogP contribution in [-0.2, 0) is 9.53 Å². The summed E-state index contributed by atoms with van der Waals surface area (Å²) in [5, 5.41) is 0. The quantitative estimate of drug-likeness (QED) is 0.430. The van der Waals surface area contributed by atoms with Gasteiger partial charge < -0.3 is 4.74 Å². The molecular formula is C21H29F3O2. The molecule has 0 spiro atoms. The zero-order chi connectivity index (χ0) is 18.7. The van der Waals surface area contributed by atoms with Crippen LogP contribution in [0.3, 0.4) is 0 Å². The number of fused-ring (bicyclic) bond motifs is 5. The van der Waals surface area contributed by atoms with Crippen LogP contribution in [0.5, 0.6) is 0 Å². The summed E-state index contributed by atoms with van der Waals surface area (Å²) in [4.78, 5) is 11.2. The van der Waals surface area contributed by atoms with E-state index in [1.54, 1.807) is 0 Å². The summed E-state index contributed by atoms with van der Waals surface area (Å²) in [5.41, 5.74) is 1.82. The monoisotopic (exact) mass is 370 g/mol. The molecule has 4 rings (SSSR count). The molecule has 0 aromatic carbocycles. The number of hydrogen-bond acceptors (Lipinski definition) is 2. The highest BCUT2D eigenvalue weighted by molar-refractivity contribution is 5.75. The Kier molecular flexibility index (Phi) is 4.24. The lowest BCUT2D eigenvalue weighted by molar-refractivity contribution is -0.206. The molecule has 0 amide bonds. The van der Waals surface area contributed by atoms with Crippen LogP contribution in [0, 0.1) is 28.6 Å². The zero-order valence-electron chi connectivity index (χ0n) is 15.7. The Hall–Kier alpha value is -1.00. The maximum Gasteiger partial charge on any atom is 0.490 e. The minimum absolute atomic E-state index is 0.0774. The highest BCUT2D eigenvalue weighted by atomic mass is 19.4. The van der Waals surface area contributed by atoms with E-state index >= 15 is 0 Å². The van der Waals surface area contributed by atoms with Crippen molar-refractivity contribution in [2.24, 2.45) is 28.6 Å². The molecule has 4 aliphatic rings. The van der Waals surface area contributed by atoms with E-state index in [1.807, 2.05) is 0 Å². The van der Waals surface area contributed by atoms with Crippen LogP contribution < -0.4 is 0 Å². The van der Waals surface area contributed by atoms with Crippen molar-refractivity contribution < 1.29 is 22.7 Å². The van der Waals surface area contributed by atoms with E-state index in [2.05, 4.69) is 19.9 Å². The van der Waals surface area contributed by atoms with Crippen molar-refractivity contribution in [3.05, 3.63) is 11.6 Å². The molecule has 0 unspecified atom stereocenters. The molecule has 0 heterocycles. The Morgan fingerprint density at radius 2 is 1.88 bits per heavy atom. The van der Waals surface area contributed by atoms with E-state index in [1.165, 1.54) is 37.7 Å². The second-order valence-corrected chi connectivity index (χ2v) is 9.61. The summed E-state index contributed by atoms with van der Waals surface area (Å²) < 4.78 is 42.3. The van der Waals surface area contributed by atoms with Crippen LogP contribution in [0.2, 0.25) is 0 Å². The Bertz CT molecular complexity index is 625. The third kappa shape index (κ3) is 2.80. The molecule has 0 bridgehead atoms. The first-order valence-corrected chi connectivity index (χ1v) is 10.1. The average molecular weight is 370 g/mol. The van der Waals surface area contributed by atoms with Gasteiger partial charge in [-0.05, 0) is 73.5 Å². The predicted octanol–water partition coefficient (Wildman–Crippen LogP) is 5.81. The van der Waals surface area contributed by atoms with Crippen LogP contribution in [0.1, 0.15) is 71.6 Å². The number of alkyl halides is 3. The third-order valence-corrected chi connectivity index (χ3v) is 8.35. The zero-order valence-corrected chi connectivity index (χ0v) is 15.7. The summed E-state index contributed by atoms with van der Waals surface area (Å²) >= 11 is 0. The maximum atomic E-state index is 12.5. The van der Waals surface area contributed by atoms with E-state index in [-0.39, 0.29) is 5.41 Å². The number of allylic oxidation sites excluding steroid dienone is 1. The third-order valence-electron chi connectivity index (χ3n) is 8.35. The van der Waals surface area contributed by atoms with Gasteiger partial charge in [-0.1, -0.05) is 31.9 Å².